The minimum absolute atomic E-state index is 0.118. The molecule has 0 aliphatic rings. The number of hydrogen-bond acceptors (Lipinski definition) is 4. The molecule has 2 rings (SSSR count). The lowest BCUT2D eigenvalue weighted by molar-refractivity contribution is -0.116. The summed E-state index contributed by atoms with van der Waals surface area (Å²) in [5.41, 5.74) is 1.57. The van der Waals surface area contributed by atoms with E-state index in [1.165, 1.54) is 6.07 Å². The lowest BCUT2D eigenvalue weighted by Crippen LogP contribution is -2.37. The molecule has 0 saturated carbocycles. The quantitative estimate of drug-likeness (QED) is 0.766. The number of anilines is 2. The molecule has 0 aliphatic carbocycles. The monoisotopic (exact) mass is 362 g/mol. The van der Waals surface area contributed by atoms with E-state index in [-0.39, 0.29) is 12.1 Å². The molecule has 2 aromatic rings. The van der Waals surface area contributed by atoms with Crippen LogP contribution < -0.4 is 9.21 Å². The summed E-state index contributed by atoms with van der Waals surface area (Å²) in [4.78, 5) is 14.6. The zero-order valence-corrected chi connectivity index (χ0v) is 15.1. The predicted octanol–water partition coefficient (Wildman–Crippen LogP) is 2.91. The molecule has 0 saturated heterocycles. The van der Waals surface area contributed by atoms with E-state index in [2.05, 4.69) is 0 Å². The Balaban J connectivity index is 2.38. The van der Waals surface area contributed by atoms with Crippen LogP contribution in [0.4, 0.5) is 11.4 Å². The van der Waals surface area contributed by atoms with Crippen molar-refractivity contribution < 1.29 is 17.8 Å². The number of rotatable bonds is 7. The fourth-order valence-corrected chi connectivity index (χ4v) is 3.35. The van der Waals surface area contributed by atoms with Crippen LogP contribution in [0.25, 0.3) is 0 Å². The van der Waals surface area contributed by atoms with Crippen LogP contribution in [0.15, 0.2) is 54.6 Å². The van der Waals surface area contributed by atoms with Crippen molar-refractivity contribution >= 4 is 27.6 Å². The number of benzene rings is 2. The third-order valence-corrected chi connectivity index (χ3v) is 4.72. The van der Waals surface area contributed by atoms with Gasteiger partial charge in [-0.2, -0.15) is 12.7 Å². The van der Waals surface area contributed by atoms with Gasteiger partial charge in [0.1, 0.15) is 0 Å². The summed E-state index contributed by atoms with van der Waals surface area (Å²) in [6, 6.07) is 15.4. The smallest absolute Gasteiger partial charge is 0.366 e. The van der Waals surface area contributed by atoms with Crippen LogP contribution in [0.1, 0.15) is 19.4 Å². The molecule has 25 heavy (non-hydrogen) atoms. The zero-order chi connectivity index (χ0) is 18.4. The maximum absolute atomic E-state index is 12.6. The van der Waals surface area contributed by atoms with Crippen LogP contribution >= 0.6 is 0 Å². The second-order valence-corrected chi connectivity index (χ2v) is 6.75. The molecule has 6 nitrogen and oxygen atoms in total. The van der Waals surface area contributed by atoms with Gasteiger partial charge in [-0.05, 0) is 37.6 Å². The number of nitrogens with zero attached hydrogens (tertiary/aromatic N) is 2. The van der Waals surface area contributed by atoms with Gasteiger partial charge in [0.25, 0.3) is 0 Å². The molecule has 0 aliphatic heterocycles. The van der Waals surface area contributed by atoms with Gasteiger partial charge in [-0.3, -0.25) is 9.35 Å². The molecular formula is C18H22N2O4S. The van der Waals surface area contributed by atoms with Gasteiger partial charge in [-0.15, -0.1) is 0 Å². The highest BCUT2D eigenvalue weighted by Crippen LogP contribution is 2.25. The molecule has 1 N–H and O–H groups in total. The number of carbonyl (C=O) groups excluding carboxylic acids is 1. The topological polar surface area (TPSA) is 77.9 Å². The van der Waals surface area contributed by atoms with E-state index in [4.69, 9.17) is 0 Å². The summed E-state index contributed by atoms with van der Waals surface area (Å²) in [5.74, 6) is -0.717. The van der Waals surface area contributed by atoms with Gasteiger partial charge < -0.3 is 4.90 Å². The molecule has 134 valence electrons. The molecule has 0 aromatic heterocycles. The minimum Gasteiger partial charge on any atom is -0.372 e. The van der Waals surface area contributed by atoms with Gasteiger partial charge in [-0.25, -0.2) is 0 Å². The SMILES string of the molecule is CCN(CC)c1cccc(N(C(=O)Cc2ccccc2)S(=O)(=O)O)c1. The van der Waals surface area contributed by atoms with E-state index in [1.807, 2.05) is 30.9 Å². The first kappa shape index (κ1) is 19.0. The van der Waals surface area contributed by atoms with Gasteiger partial charge in [0.15, 0.2) is 0 Å². The van der Waals surface area contributed by atoms with Crippen LogP contribution in [0.2, 0.25) is 0 Å². The summed E-state index contributed by atoms with van der Waals surface area (Å²) in [6.45, 7) is 5.45. The van der Waals surface area contributed by atoms with Crippen LogP contribution in [0.3, 0.4) is 0 Å². The van der Waals surface area contributed by atoms with Crippen molar-refractivity contribution in [1.29, 1.82) is 0 Å². The number of hydrogen-bond donors (Lipinski definition) is 1. The Morgan fingerprint density at radius 3 is 2.12 bits per heavy atom. The molecule has 2 aromatic carbocycles. The van der Waals surface area contributed by atoms with Crippen molar-refractivity contribution in [2.45, 2.75) is 20.3 Å². The van der Waals surface area contributed by atoms with Crippen molar-refractivity contribution in [3.8, 4) is 0 Å². The zero-order valence-electron chi connectivity index (χ0n) is 14.3. The Kier molecular flexibility index (Phi) is 6.17. The molecular weight excluding hydrogens is 340 g/mol. The lowest BCUT2D eigenvalue weighted by Gasteiger charge is -2.24. The summed E-state index contributed by atoms with van der Waals surface area (Å²) in [7, 11) is -4.73. The third kappa shape index (κ3) is 4.80. The Labute approximate surface area is 148 Å². The van der Waals surface area contributed by atoms with Crippen LogP contribution in [0, 0.1) is 0 Å². The fourth-order valence-electron chi connectivity index (χ4n) is 2.65. The highest BCUT2D eigenvalue weighted by Gasteiger charge is 2.27. The van der Waals surface area contributed by atoms with Crippen molar-refractivity contribution in [1.82, 2.24) is 0 Å². The summed E-state index contributed by atoms with van der Waals surface area (Å²) >= 11 is 0. The minimum atomic E-state index is -4.73. The van der Waals surface area contributed by atoms with Gasteiger partial charge in [0, 0.05) is 18.8 Å². The molecule has 0 heterocycles. The summed E-state index contributed by atoms with van der Waals surface area (Å²) in [6.07, 6.45) is -0.129. The van der Waals surface area contributed by atoms with Gasteiger partial charge in [0.05, 0.1) is 12.1 Å². The van der Waals surface area contributed by atoms with Crippen molar-refractivity contribution in [3.05, 3.63) is 60.2 Å². The Morgan fingerprint density at radius 2 is 1.56 bits per heavy atom. The highest BCUT2D eigenvalue weighted by atomic mass is 32.2. The first-order chi connectivity index (χ1) is 11.9. The predicted molar refractivity (Wildman–Crippen MR) is 99.2 cm³/mol. The first-order valence-electron chi connectivity index (χ1n) is 8.06. The van der Waals surface area contributed by atoms with E-state index in [1.54, 1.807) is 36.4 Å². The first-order valence-corrected chi connectivity index (χ1v) is 9.46. The van der Waals surface area contributed by atoms with Crippen LogP contribution in [-0.4, -0.2) is 32.0 Å². The molecule has 1 amide bonds. The normalized spacial score (nSPS) is 11.2. The van der Waals surface area contributed by atoms with E-state index in [0.717, 1.165) is 18.8 Å². The summed E-state index contributed by atoms with van der Waals surface area (Å²) in [5, 5.41) is 0. The number of carbonyl (C=O) groups is 1. The van der Waals surface area contributed by atoms with E-state index in [0.29, 0.717) is 9.87 Å². The molecule has 0 radical (unpaired) electrons. The van der Waals surface area contributed by atoms with Gasteiger partial charge in [-0.1, -0.05) is 36.4 Å². The Hall–Kier alpha value is -2.38. The second kappa shape index (κ2) is 8.13. The maximum atomic E-state index is 12.6. The Morgan fingerprint density at radius 1 is 0.960 bits per heavy atom. The molecule has 7 heteroatoms. The summed E-state index contributed by atoms with van der Waals surface area (Å²) < 4.78 is 33.7. The average molecular weight is 362 g/mol. The van der Waals surface area contributed by atoms with Gasteiger partial charge >= 0.3 is 10.3 Å². The third-order valence-electron chi connectivity index (χ3n) is 3.85. The van der Waals surface area contributed by atoms with E-state index >= 15 is 0 Å². The van der Waals surface area contributed by atoms with Crippen LogP contribution in [0.5, 0.6) is 0 Å². The van der Waals surface area contributed by atoms with Crippen molar-refractivity contribution in [2.24, 2.45) is 0 Å². The highest BCUT2D eigenvalue weighted by molar-refractivity contribution is 7.88. The fraction of sp³-hybridized carbons (Fsp3) is 0.278. The standard InChI is InChI=1S/C18H22N2O4S/c1-3-19(4-2)16-11-8-12-17(14-16)20(25(22,23)24)18(21)13-15-9-6-5-7-10-15/h5-12,14H,3-4,13H2,1-2H3,(H,22,23,24). The molecule has 0 bridgehead atoms. The van der Waals surface area contributed by atoms with E-state index < -0.39 is 16.2 Å². The van der Waals surface area contributed by atoms with E-state index in [9.17, 15) is 17.8 Å². The Bertz CT molecular complexity index is 818. The maximum Gasteiger partial charge on any atom is 0.366 e. The van der Waals surface area contributed by atoms with Crippen molar-refractivity contribution in [3.63, 3.8) is 0 Å². The van der Waals surface area contributed by atoms with Gasteiger partial charge in [0.2, 0.25) is 5.91 Å². The molecule has 0 atom stereocenters. The molecule has 0 unspecified atom stereocenters. The van der Waals surface area contributed by atoms with Crippen LogP contribution in [-0.2, 0) is 21.5 Å². The van der Waals surface area contributed by atoms with Crippen molar-refractivity contribution in [2.75, 3.05) is 22.3 Å². The molecule has 0 spiro atoms. The number of amides is 1. The second-order valence-electron chi connectivity index (χ2n) is 5.49. The molecule has 0 fully saturated rings. The lowest BCUT2D eigenvalue weighted by atomic mass is 10.1. The largest absolute Gasteiger partial charge is 0.372 e. The average Bonchev–Trinajstić information content (AvgIpc) is 2.56.